The zero-order valence-corrected chi connectivity index (χ0v) is 34.4. The lowest BCUT2D eigenvalue weighted by Crippen LogP contribution is -2.46. The van der Waals surface area contributed by atoms with Crippen LogP contribution in [0.1, 0.15) is 90.2 Å². The lowest BCUT2D eigenvalue weighted by molar-refractivity contribution is -0.160. The number of hydrogen-bond acceptors (Lipinski definition) is 14. The molecule has 0 saturated heterocycles. The molecule has 0 unspecified atom stereocenters. The van der Waals surface area contributed by atoms with Crippen LogP contribution in [0.2, 0.25) is 0 Å². The van der Waals surface area contributed by atoms with Crippen LogP contribution in [-0.2, 0) is 42.2 Å². The van der Waals surface area contributed by atoms with Gasteiger partial charge in [0.25, 0.3) is 11.7 Å². The van der Waals surface area contributed by atoms with Crippen molar-refractivity contribution < 1.29 is 63.0 Å². The Balaban J connectivity index is 1.47. The molecule has 16 nitrogen and oxygen atoms in total. The number of benzene rings is 1. The Hall–Kier alpha value is -5.58. The molecule has 2 aliphatic carbocycles. The smallest absolute Gasteiger partial charge is 0.312 e. The molecule has 4 heterocycles. The second-order valence-corrected chi connectivity index (χ2v) is 16.2. The van der Waals surface area contributed by atoms with Gasteiger partial charge in [-0.05, 0) is 50.0 Å². The number of phenolic OH excluding ortho intramolecular Hbond substituents is 1. The van der Waals surface area contributed by atoms with Gasteiger partial charge in [0.2, 0.25) is 11.6 Å². The van der Waals surface area contributed by atoms with Gasteiger partial charge in [0, 0.05) is 81.8 Å². The van der Waals surface area contributed by atoms with E-state index in [4.69, 9.17) is 18.9 Å². The Kier molecular flexibility index (Phi) is 11.8. The molecule has 1 aromatic heterocycles. The molecular weight excluding hydrogens is 766 g/mol. The number of allylic oxidation sites excluding steroid dienone is 3. The quantitative estimate of drug-likeness (QED) is 0.273. The van der Waals surface area contributed by atoms with Gasteiger partial charge < -0.3 is 49.5 Å². The fourth-order valence-electron chi connectivity index (χ4n) is 8.37. The van der Waals surface area contributed by atoms with Crippen LogP contribution in [-0.4, -0.2) is 92.2 Å². The summed E-state index contributed by atoms with van der Waals surface area (Å²) in [7, 11) is 3.20. The van der Waals surface area contributed by atoms with Crippen molar-refractivity contribution >= 4 is 35.0 Å². The number of fused-ring (bicyclic) bond motifs is 12. The first-order chi connectivity index (χ1) is 27.7. The maximum Gasteiger partial charge on any atom is 0.312 e. The van der Waals surface area contributed by atoms with Crippen LogP contribution in [0.25, 0.3) is 0 Å². The van der Waals surface area contributed by atoms with Crippen molar-refractivity contribution in [1.82, 2.24) is 15.2 Å². The first-order valence-corrected chi connectivity index (χ1v) is 19.5. The average Bonchev–Trinajstić information content (AvgIpc) is 3.82. The molecule has 1 fully saturated rings. The molecule has 1 saturated carbocycles. The lowest BCUT2D eigenvalue weighted by Gasteiger charge is -2.37. The number of aliphatic hydroxyl groups is 2. The molecule has 16 heteroatoms. The number of aromatic nitrogens is 1. The van der Waals surface area contributed by atoms with Gasteiger partial charge in [-0.1, -0.05) is 20.8 Å². The van der Waals surface area contributed by atoms with Gasteiger partial charge in [-0.3, -0.25) is 28.8 Å². The molecule has 1 aromatic carbocycles. The Morgan fingerprint density at radius 3 is 2.34 bits per heavy atom. The normalized spacial score (nSPS) is 32.7. The zero-order valence-electron chi connectivity index (χ0n) is 34.4. The number of nitrogens with zero attached hydrogens (tertiary/aromatic N) is 1. The van der Waals surface area contributed by atoms with Crippen molar-refractivity contribution in [2.45, 2.75) is 91.6 Å². The van der Waals surface area contributed by atoms with E-state index in [0.29, 0.717) is 5.56 Å². The highest BCUT2D eigenvalue weighted by Gasteiger charge is 2.53. The van der Waals surface area contributed by atoms with Gasteiger partial charge in [0.05, 0.1) is 41.3 Å². The minimum atomic E-state index is -2.11. The standard InChI is InChI=1S/C43H51N3O13/c1-18-14-27(48)25-15-26(25)35(50)20(3)34(49)21(4)39(58-23(6)47)19(2)28(56-9)11-13-57-43(7)41(54)31-29-30(36(51)22(5)40(31)59-43)38(53)33(45-42(18)55)32(37(29)52)44-16-24-10-12-46(8)17-24/h10-14,17,19-21,25-26,28,34-35,39,44,49-51H,15-16H2,1-9H3,(H,45,55)/b13-11+,18-14-/t19-,20+,21-,25-,26+,28+,34-,35-,39-,43+/m1/s1. The largest absolute Gasteiger partial charge is 0.507 e. The molecule has 0 radical (unpaired) electrons. The number of carbonyl (C=O) groups is 6. The number of aliphatic hydroxyl groups excluding tert-OH is 2. The highest BCUT2D eigenvalue weighted by Crippen LogP contribution is 2.49. The fraction of sp³-hybridized carbons (Fsp3) is 0.488. The molecule has 7 rings (SSSR count). The van der Waals surface area contributed by atoms with Crippen LogP contribution in [0.5, 0.6) is 11.5 Å². The first-order valence-electron chi connectivity index (χ1n) is 19.5. The van der Waals surface area contributed by atoms with Crippen molar-refractivity contribution in [3.8, 4) is 11.5 Å². The highest BCUT2D eigenvalue weighted by molar-refractivity contribution is 6.32. The van der Waals surface area contributed by atoms with Crippen molar-refractivity contribution in [2.75, 3.05) is 7.11 Å². The van der Waals surface area contributed by atoms with Crippen LogP contribution < -0.4 is 15.4 Å². The third kappa shape index (κ3) is 7.83. The highest BCUT2D eigenvalue weighted by atomic mass is 16.7. The minimum absolute atomic E-state index is 0.0159. The van der Waals surface area contributed by atoms with E-state index in [0.717, 1.165) is 12.3 Å². The summed E-state index contributed by atoms with van der Waals surface area (Å²) in [5.74, 6) is -11.0. The van der Waals surface area contributed by atoms with E-state index >= 15 is 0 Å². The van der Waals surface area contributed by atoms with E-state index in [1.165, 1.54) is 40.9 Å². The molecule has 5 N–H and O–H groups in total. The maximum atomic E-state index is 14.6. The number of amides is 1. The molecule has 5 bridgehead atoms. The van der Waals surface area contributed by atoms with Crippen LogP contribution in [0.3, 0.4) is 0 Å². The van der Waals surface area contributed by atoms with Crippen LogP contribution in [0, 0.1) is 36.5 Å². The van der Waals surface area contributed by atoms with Crippen molar-refractivity contribution in [3.05, 3.63) is 81.7 Å². The molecule has 2 aromatic rings. The summed E-state index contributed by atoms with van der Waals surface area (Å²) in [6, 6.07) is 1.77. The number of aryl methyl sites for hydroxylation is 1. The monoisotopic (exact) mass is 817 g/mol. The van der Waals surface area contributed by atoms with Gasteiger partial charge in [0.1, 0.15) is 29.0 Å². The maximum absolute atomic E-state index is 14.6. The third-order valence-electron chi connectivity index (χ3n) is 12.0. The number of methoxy groups -OCH3 is 1. The number of ether oxygens (including phenoxy) is 4. The topological polar surface area (TPSA) is 229 Å². The summed E-state index contributed by atoms with van der Waals surface area (Å²) >= 11 is 0. The number of aromatic hydroxyl groups is 1. The third-order valence-corrected chi connectivity index (χ3v) is 12.0. The van der Waals surface area contributed by atoms with Crippen molar-refractivity contribution in [2.24, 2.45) is 36.6 Å². The van der Waals surface area contributed by atoms with Gasteiger partial charge in [0.15, 0.2) is 5.78 Å². The summed E-state index contributed by atoms with van der Waals surface area (Å²) in [6.07, 6.45) is 3.39. The number of hydrogen-bond donors (Lipinski definition) is 5. The van der Waals surface area contributed by atoms with Crippen molar-refractivity contribution in [3.63, 3.8) is 0 Å². The van der Waals surface area contributed by atoms with E-state index in [-0.39, 0.29) is 41.1 Å². The summed E-state index contributed by atoms with van der Waals surface area (Å²) in [5, 5.41) is 39.8. The molecule has 316 valence electrons. The first kappa shape index (κ1) is 43.0. The van der Waals surface area contributed by atoms with Crippen LogP contribution >= 0.6 is 0 Å². The van der Waals surface area contributed by atoms with Gasteiger partial charge in [-0.2, -0.15) is 0 Å². The van der Waals surface area contributed by atoms with E-state index in [1.807, 2.05) is 0 Å². The van der Waals surface area contributed by atoms with E-state index in [2.05, 4.69) is 10.6 Å². The molecular formula is C43H51N3O13. The Morgan fingerprint density at radius 1 is 1.02 bits per heavy atom. The predicted octanol–water partition coefficient (Wildman–Crippen LogP) is 3.10. The predicted molar refractivity (Wildman–Crippen MR) is 209 cm³/mol. The Labute approximate surface area is 341 Å². The molecule has 10 atom stereocenters. The van der Waals surface area contributed by atoms with Crippen molar-refractivity contribution in [1.29, 1.82) is 0 Å². The number of carbonyl (C=O) groups excluding carboxylic acids is 6. The Bertz CT molecular complexity index is 2220. The number of rotatable bonds is 5. The van der Waals surface area contributed by atoms with E-state index in [1.54, 1.807) is 50.8 Å². The van der Waals surface area contributed by atoms with E-state index in [9.17, 15) is 44.1 Å². The Morgan fingerprint density at radius 2 is 1.71 bits per heavy atom. The minimum Gasteiger partial charge on any atom is -0.507 e. The molecule has 59 heavy (non-hydrogen) atoms. The SMILES string of the molecule is CO[C@H]1/C=C/O[C@@]2(C)Oc3c(C)c(O)c4c(c3C2=O)C(=O)C(NCc2ccn(C)c2)=C(NC(=O)/C(C)=C\C(=O)[C@@H]2C[C@@H]2[C@H](O)[C@@H](C)[C@@H](O)[C@@H](C)[C@H](OC(C)=O)[C@@H]1C)C4=O. The molecule has 1 amide bonds. The number of phenols is 1. The fourth-order valence-corrected chi connectivity index (χ4v) is 8.37. The van der Waals surface area contributed by atoms with E-state index < -0.39 is 117 Å². The molecule has 5 aliphatic rings. The second-order valence-electron chi connectivity index (χ2n) is 16.2. The summed E-state index contributed by atoms with van der Waals surface area (Å²) < 4.78 is 25.2. The van der Waals surface area contributed by atoms with Gasteiger partial charge in [-0.25, -0.2) is 0 Å². The second kappa shape index (κ2) is 16.2. The lowest BCUT2D eigenvalue weighted by atomic mass is 9.79. The average molecular weight is 818 g/mol. The molecule has 0 spiro atoms. The van der Waals surface area contributed by atoms with Gasteiger partial charge >= 0.3 is 11.8 Å². The summed E-state index contributed by atoms with van der Waals surface area (Å²) in [6.45, 7) is 10.3. The number of nitrogens with one attached hydrogen (secondary N) is 2. The molecule has 3 aliphatic heterocycles. The number of ketones is 4. The van der Waals surface area contributed by atoms with Crippen LogP contribution in [0.15, 0.2) is 53.8 Å². The zero-order chi connectivity index (χ0) is 43.4. The summed E-state index contributed by atoms with van der Waals surface area (Å²) in [4.78, 5) is 82.9. The van der Waals surface area contributed by atoms with Gasteiger partial charge in [-0.15, -0.1) is 0 Å². The number of esters is 1. The summed E-state index contributed by atoms with van der Waals surface area (Å²) in [5.41, 5.74) is -1.61. The number of Topliss-reactive ketones (excluding diaryl/α,β-unsaturated/α-hetero) is 3. The van der Waals surface area contributed by atoms with Crippen LogP contribution in [0.4, 0.5) is 0 Å².